The maximum absolute atomic E-state index is 13.1. The number of rotatable bonds is 15. The predicted octanol–water partition coefficient (Wildman–Crippen LogP) is -4.24. The van der Waals surface area contributed by atoms with E-state index >= 15 is 0 Å². The summed E-state index contributed by atoms with van der Waals surface area (Å²) in [5.41, 5.74) is 0.220. The van der Waals surface area contributed by atoms with Gasteiger partial charge in [-0.15, -0.1) is 0 Å². The summed E-state index contributed by atoms with van der Waals surface area (Å²) >= 11 is 0. The molecule has 16 N–H and O–H groups in total. The molecule has 0 spiro atoms. The average Bonchev–Trinajstić information content (AvgIpc) is 3.38. The van der Waals surface area contributed by atoms with Crippen molar-refractivity contribution in [1.82, 2.24) is 0 Å². The summed E-state index contributed by atoms with van der Waals surface area (Å²) in [6.45, 7) is -2.80. The van der Waals surface area contributed by atoms with E-state index in [0.717, 1.165) is 30.3 Å². The van der Waals surface area contributed by atoms with Crippen molar-refractivity contribution in [3.8, 4) is 45.8 Å². The predicted molar refractivity (Wildman–Crippen MR) is 240 cm³/mol. The van der Waals surface area contributed by atoms with Crippen LogP contribution in [0.2, 0.25) is 0 Å². The fraction of sp³-hybridized carbons (Fsp3) is 0.489. The standard InChI is InChI=1S/C47H54O27/c48-13-28-33(56)36(59)40(63)45(71-28)67-20-5-1-17(2-6-20)3-8-31(54)65-16-30-35(58)38(61)43(74-44-39(62)32(55)24(53)15-66-44)47(73-30)70-27-12-21-25(68-42(27)18-4-7-22(51)23(52)9-18)10-19(50)11-26(21)69-46-41(64)37(60)34(57)29(14-49)72-46/h1-12,24,28-30,32-41,43-49,53,55-64H,13-16H2,(H2-,50,51,52)/p+1/b8-3+/t24-,28+,29+,30+,32-,33+,34+,35+,36+,37+,38-,39-,40-,41-,43-,44-,45+,46+,47+/m0/s1. The molecule has 0 unspecified atom stereocenters. The Bertz CT molecular complexity index is 2580. The third-order valence-corrected chi connectivity index (χ3v) is 12.5. The van der Waals surface area contributed by atoms with Gasteiger partial charge in [-0.05, 0) is 35.9 Å². The molecule has 27 nitrogen and oxygen atoms in total. The van der Waals surface area contributed by atoms with Crippen LogP contribution in [0.1, 0.15) is 5.56 Å². The van der Waals surface area contributed by atoms with E-state index in [-0.39, 0.29) is 33.8 Å². The lowest BCUT2D eigenvalue weighted by atomic mass is 9.98. The van der Waals surface area contributed by atoms with Crippen molar-refractivity contribution in [3.05, 3.63) is 72.3 Å². The first kappa shape index (κ1) is 54.6. The maximum Gasteiger partial charge on any atom is 0.402 e. The topological polar surface area (TPSA) is 435 Å². The highest BCUT2D eigenvalue weighted by Gasteiger charge is 2.52. The number of phenols is 3. The van der Waals surface area contributed by atoms with Crippen molar-refractivity contribution in [1.29, 1.82) is 0 Å². The molecule has 0 radical (unpaired) electrons. The van der Waals surface area contributed by atoms with Gasteiger partial charge in [0.25, 0.3) is 0 Å². The summed E-state index contributed by atoms with van der Waals surface area (Å²) < 4.78 is 57.6. The first-order valence-electron chi connectivity index (χ1n) is 22.8. The van der Waals surface area contributed by atoms with Gasteiger partial charge in [-0.2, -0.15) is 0 Å². The molecule has 4 saturated heterocycles. The van der Waals surface area contributed by atoms with Gasteiger partial charge in [0.1, 0.15) is 115 Å². The number of benzene rings is 3. The molecule has 19 atom stereocenters. The Morgan fingerprint density at radius 2 is 1.19 bits per heavy atom. The Kier molecular flexibility index (Phi) is 17.0. The third kappa shape index (κ3) is 11.6. The van der Waals surface area contributed by atoms with Crippen LogP contribution in [-0.2, 0) is 33.2 Å². The van der Waals surface area contributed by atoms with Gasteiger partial charge in [0.05, 0.1) is 31.5 Å². The molecule has 4 aliphatic heterocycles. The van der Waals surface area contributed by atoms with Crippen LogP contribution < -0.4 is 14.2 Å². The largest absolute Gasteiger partial charge is 0.507 e. The van der Waals surface area contributed by atoms with Crippen LogP contribution in [0.5, 0.6) is 34.5 Å². The van der Waals surface area contributed by atoms with Crippen LogP contribution in [0, 0.1) is 0 Å². The van der Waals surface area contributed by atoms with Crippen LogP contribution in [-0.4, -0.2) is 231 Å². The van der Waals surface area contributed by atoms with Crippen LogP contribution in [0.4, 0.5) is 0 Å². The second-order valence-corrected chi connectivity index (χ2v) is 17.7. The van der Waals surface area contributed by atoms with Crippen LogP contribution in [0.25, 0.3) is 28.4 Å². The molecule has 74 heavy (non-hydrogen) atoms. The lowest BCUT2D eigenvalue weighted by Crippen LogP contribution is -2.64. The number of esters is 1. The lowest BCUT2D eigenvalue weighted by molar-refractivity contribution is -0.345. The Balaban J connectivity index is 1.06. The molecule has 8 rings (SSSR count). The smallest absolute Gasteiger partial charge is 0.402 e. The number of hydrogen-bond donors (Lipinski definition) is 16. The van der Waals surface area contributed by atoms with E-state index in [1.807, 2.05) is 0 Å². The van der Waals surface area contributed by atoms with E-state index in [2.05, 4.69) is 0 Å². The van der Waals surface area contributed by atoms with Gasteiger partial charge in [-0.1, -0.05) is 12.1 Å². The fourth-order valence-electron chi connectivity index (χ4n) is 8.31. The number of aliphatic hydroxyl groups is 13. The van der Waals surface area contributed by atoms with Crippen LogP contribution in [0.3, 0.4) is 0 Å². The lowest BCUT2D eigenvalue weighted by Gasteiger charge is -2.44. The number of carbonyl (C=O) groups excluding carboxylic acids is 1. The van der Waals surface area contributed by atoms with E-state index in [4.69, 9.17) is 47.0 Å². The van der Waals surface area contributed by atoms with E-state index in [9.17, 15) is 86.5 Å². The first-order chi connectivity index (χ1) is 35.3. The normalized spacial score (nSPS) is 35.6. The molecule has 1 aromatic heterocycles. The van der Waals surface area contributed by atoms with Crippen molar-refractivity contribution in [2.75, 3.05) is 26.4 Å². The van der Waals surface area contributed by atoms with Gasteiger partial charge in [-0.25, -0.2) is 9.21 Å². The first-order valence-corrected chi connectivity index (χ1v) is 22.8. The van der Waals surface area contributed by atoms with E-state index in [1.165, 1.54) is 42.5 Å². The van der Waals surface area contributed by atoms with Gasteiger partial charge in [0, 0.05) is 24.3 Å². The SMILES string of the molecule is O=C(/C=C/c1ccc(O[C@@H]2O[C@H](CO)[C@@H](O)[C@@H](O)[C@@H]2O)cc1)OC[C@H]1O[C@@H](Oc2cc3c(O[C@@H]4O[C@H](CO)[C@@H](O)[C@@H](O)[C@@H]4O)cc(O)cc3[o+]c2-c2ccc(O)c(O)c2)[C@@H](O[C@@H]2OC[C@H](O)[C@H](O)[C@@H]2O)[C@@H](O)[C@@H]1O. The summed E-state index contributed by atoms with van der Waals surface area (Å²) in [5, 5.41) is 167. The average molecular weight is 1050 g/mol. The number of phenolic OH excluding ortho intramolecular Hbond substituents is 3. The minimum atomic E-state index is -2.06. The van der Waals surface area contributed by atoms with Crippen molar-refractivity contribution >= 4 is 23.0 Å². The molecule has 404 valence electrons. The number of aromatic hydroxyl groups is 3. The van der Waals surface area contributed by atoms with Gasteiger partial charge < -0.3 is 124 Å². The molecule has 5 heterocycles. The number of hydrogen-bond acceptors (Lipinski definition) is 26. The molecule has 0 bridgehead atoms. The van der Waals surface area contributed by atoms with Crippen molar-refractivity contribution < 1.29 is 134 Å². The second kappa shape index (κ2) is 23.1. The van der Waals surface area contributed by atoms with Gasteiger partial charge in [-0.3, -0.25) is 0 Å². The third-order valence-electron chi connectivity index (χ3n) is 12.5. The van der Waals surface area contributed by atoms with Gasteiger partial charge in [0.15, 0.2) is 23.9 Å². The highest BCUT2D eigenvalue weighted by Crippen LogP contribution is 2.44. The quantitative estimate of drug-likeness (QED) is 0.0232. The molecular formula is C47H55O27+. The fourth-order valence-corrected chi connectivity index (χ4v) is 8.31. The maximum atomic E-state index is 13.1. The van der Waals surface area contributed by atoms with E-state index < -0.39 is 172 Å². The number of carbonyl (C=O) groups is 1. The molecule has 0 saturated carbocycles. The summed E-state index contributed by atoms with van der Waals surface area (Å²) in [6.07, 6.45) is -30.6. The molecule has 3 aromatic carbocycles. The van der Waals surface area contributed by atoms with Gasteiger partial charge >= 0.3 is 17.3 Å². The Morgan fingerprint density at radius 1 is 0.595 bits per heavy atom. The summed E-state index contributed by atoms with van der Waals surface area (Å²) in [6, 6.07) is 12.6. The Morgan fingerprint density at radius 3 is 1.82 bits per heavy atom. The van der Waals surface area contributed by atoms with E-state index in [1.54, 1.807) is 0 Å². The molecule has 0 aliphatic carbocycles. The summed E-state index contributed by atoms with van der Waals surface area (Å²) in [5.74, 6) is -3.54. The zero-order valence-corrected chi connectivity index (χ0v) is 38.4. The molecule has 27 heteroatoms. The second-order valence-electron chi connectivity index (χ2n) is 17.7. The van der Waals surface area contributed by atoms with Crippen molar-refractivity contribution in [2.45, 2.75) is 117 Å². The summed E-state index contributed by atoms with van der Waals surface area (Å²) in [7, 11) is 0. The van der Waals surface area contributed by atoms with Crippen molar-refractivity contribution in [2.24, 2.45) is 0 Å². The number of fused-ring (bicyclic) bond motifs is 1. The minimum absolute atomic E-state index is 0.0119. The molecular weight excluding hydrogens is 996 g/mol. The Hall–Kier alpha value is -5.64. The number of aliphatic hydroxyl groups excluding tert-OH is 13. The zero-order chi connectivity index (χ0) is 53.3. The molecule has 4 aromatic rings. The molecule has 0 amide bonds. The highest BCUT2D eigenvalue weighted by atomic mass is 16.8. The van der Waals surface area contributed by atoms with Crippen LogP contribution >= 0.6 is 0 Å². The minimum Gasteiger partial charge on any atom is -0.507 e. The zero-order valence-electron chi connectivity index (χ0n) is 38.4. The molecule has 4 aliphatic rings. The van der Waals surface area contributed by atoms with Gasteiger partial charge in [0.2, 0.25) is 24.6 Å². The Labute approximate surface area is 417 Å². The van der Waals surface area contributed by atoms with Crippen LogP contribution in [0.15, 0.2) is 71.2 Å². The summed E-state index contributed by atoms with van der Waals surface area (Å²) in [4.78, 5) is 13.1. The monoisotopic (exact) mass is 1050 g/mol. The van der Waals surface area contributed by atoms with Crippen molar-refractivity contribution in [3.63, 3.8) is 0 Å². The number of ether oxygens (including phenoxy) is 9. The van der Waals surface area contributed by atoms with E-state index in [0.29, 0.717) is 5.56 Å². The molecule has 4 fully saturated rings. The highest BCUT2D eigenvalue weighted by molar-refractivity contribution is 5.89.